The van der Waals surface area contributed by atoms with Gasteiger partial charge in [-0.25, -0.2) is 4.98 Å². The first-order valence-electron chi connectivity index (χ1n) is 6.73. The number of hydrogen-bond acceptors (Lipinski definition) is 3. The first-order valence-corrected chi connectivity index (χ1v) is 6.73. The standard InChI is InChI=1S/C13H21N3O/c1-2-14-7-11-8-15-9-16(11)12-5-6-17-13(12)10-3-4-10/h8-10,12-14H,2-7H2,1H3. The lowest BCUT2D eigenvalue weighted by atomic mass is 10.1. The van der Waals surface area contributed by atoms with Gasteiger partial charge in [-0.3, -0.25) is 0 Å². The van der Waals surface area contributed by atoms with Crippen molar-refractivity contribution in [2.45, 2.75) is 44.9 Å². The average molecular weight is 235 g/mol. The molecule has 2 fully saturated rings. The van der Waals surface area contributed by atoms with Crippen LogP contribution in [-0.4, -0.2) is 28.8 Å². The maximum absolute atomic E-state index is 5.90. The quantitative estimate of drug-likeness (QED) is 0.845. The first kappa shape index (κ1) is 11.2. The normalized spacial score (nSPS) is 28.8. The summed E-state index contributed by atoms with van der Waals surface area (Å²) in [5, 5.41) is 3.37. The predicted octanol–water partition coefficient (Wildman–Crippen LogP) is 1.73. The number of nitrogens with zero attached hydrogens (tertiary/aromatic N) is 2. The Hall–Kier alpha value is -0.870. The highest BCUT2D eigenvalue weighted by molar-refractivity contribution is 5.04. The van der Waals surface area contributed by atoms with E-state index >= 15 is 0 Å². The molecule has 1 saturated heterocycles. The molecule has 1 aliphatic heterocycles. The van der Waals surface area contributed by atoms with Crippen LogP contribution in [0.5, 0.6) is 0 Å². The minimum absolute atomic E-state index is 0.435. The van der Waals surface area contributed by atoms with E-state index in [9.17, 15) is 0 Å². The molecule has 1 aliphatic carbocycles. The zero-order chi connectivity index (χ0) is 11.7. The van der Waals surface area contributed by atoms with Crippen LogP contribution in [0.15, 0.2) is 12.5 Å². The lowest BCUT2D eigenvalue weighted by Gasteiger charge is -2.21. The largest absolute Gasteiger partial charge is 0.376 e. The molecule has 1 aromatic rings. The highest BCUT2D eigenvalue weighted by Gasteiger charge is 2.41. The highest BCUT2D eigenvalue weighted by atomic mass is 16.5. The molecule has 3 rings (SSSR count). The summed E-state index contributed by atoms with van der Waals surface area (Å²) in [6.45, 7) is 4.94. The van der Waals surface area contributed by atoms with Gasteiger partial charge in [0.15, 0.2) is 0 Å². The highest BCUT2D eigenvalue weighted by Crippen LogP contribution is 2.43. The fourth-order valence-corrected chi connectivity index (χ4v) is 2.79. The van der Waals surface area contributed by atoms with Gasteiger partial charge in [-0.2, -0.15) is 0 Å². The molecule has 4 heteroatoms. The summed E-state index contributed by atoms with van der Waals surface area (Å²) in [7, 11) is 0. The van der Waals surface area contributed by atoms with Crippen LogP contribution < -0.4 is 5.32 Å². The van der Waals surface area contributed by atoms with E-state index in [-0.39, 0.29) is 0 Å². The third-order valence-electron chi connectivity index (χ3n) is 3.85. The topological polar surface area (TPSA) is 39.1 Å². The van der Waals surface area contributed by atoms with E-state index in [1.54, 1.807) is 0 Å². The van der Waals surface area contributed by atoms with Crippen LogP contribution >= 0.6 is 0 Å². The lowest BCUT2D eigenvalue weighted by Crippen LogP contribution is -2.24. The van der Waals surface area contributed by atoms with E-state index in [0.29, 0.717) is 12.1 Å². The molecule has 2 aliphatic rings. The second kappa shape index (κ2) is 4.78. The van der Waals surface area contributed by atoms with E-state index in [1.807, 2.05) is 12.5 Å². The summed E-state index contributed by atoms with van der Waals surface area (Å²) in [6.07, 6.45) is 8.21. The Kier molecular flexibility index (Phi) is 3.16. The van der Waals surface area contributed by atoms with Crippen LogP contribution in [0.1, 0.15) is 37.9 Å². The van der Waals surface area contributed by atoms with Crippen molar-refractivity contribution < 1.29 is 4.74 Å². The SMILES string of the molecule is CCNCc1cncn1C1CCOC1C1CC1. The van der Waals surface area contributed by atoms with Crippen LogP contribution in [-0.2, 0) is 11.3 Å². The molecule has 1 saturated carbocycles. The second-order valence-electron chi connectivity index (χ2n) is 5.10. The van der Waals surface area contributed by atoms with Gasteiger partial charge in [0, 0.05) is 19.3 Å². The molecule has 94 valence electrons. The maximum atomic E-state index is 5.90. The van der Waals surface area contributed by atoms with E-state index in [4.69, 9.17) is 4.74 Å². The zero-order valence-corrected chi connectivity index (χ0v) is 10.4. The Morgan fingerprint density at radius 2 is 2.35 bits per heavy atom. The van der Waals surface area contributed by atoms with Crippen molar-refractivity contribution in [2.75, 3.05) is 13.2 Å². The van der Waals surface area contributed by atoms with Crippen LogP contribution in [0.25, 0.3) is 0 Å². The fraction of sp³-hybridized carbons (Fsp3) is 0.769. The smallest absolute Gasteiger partial charge is 0.0952 e. The van der Waals surface area contributed by atoms with Crippen molar-refractivity contribution in [2.24, 2.45) is 5.92 Å². The molecule has 2 heterocycles. The summed E-state index contributed by atoms with van der Waals surface area (Å²) >= 11 is 0. The molecule has 0 amide bonds. The van der Waals surface area contributed by atoms with Crippen LogP contribution in [0.4, 0.5) is 0 Å². The monoisotopic (exact) mass is 235 g/mol. The minimum atomic E-state index is 0.435. The van der Waals surface area contributed by atoms with Crippen LogP contribution in [0.3, 0.4) is 0 Å². The van der Waals surface area contributed by atoms with Crippen molar-refractivity contribution in [3.63, 3.8) is 0 Å². The lowest BCUT2D eigenvalue weighted by molar-refractivity contribution is 0.0745. The predicted molar refractivity (Wildman–Crippen MR) is 65.7 cm³/mol. The van der Waals surface area contributed by atoms with Gasteiger partial charge < -0.3 is 14.6 Å². The third-order valence-corrected chi connectivity index (χ3v) is 3.85. The number of ether oxygens (including phenoxy) is 1. The molecular formula is C13H21N3O. The van der Waals surface area contributed by atoms with Crippen molar-refractivity contribution in [3.8, 4) is 0 Å². The molecule has 0 aromatic carbocycles. The summed E-state index contributed by atoms with van der Waals surface area (Å²) in [6, 6.07) is 0.513. The van der Waals surface area contributed by atoms with E-state index in [0.717, 1.165) is 32.0 Å². The molecule has 0 radical (unpaired) electrons. The average Bonchev–Trinajstić information content (AvgIpc) is 2.91. The van der Waals surface area contributed by atoms with Gasteiger partial charge in [0.2, 0.25) is 0 Å². The summed E-state index contributed by atoms with van der Waals surface area (Å²) in [4.78, 5) is 4.30. The number of imidazole rings is 1. The van der Waals surface area contributed by atoms with Crippen molar-refractivity contribution in [1.82, 2.24) is 14.9 Å². The minimum Gasteiger partial charge on any atom is -0.376 e. The Balaban J connectivity index is 1.75. The van der Waals surface area contributed by atoms with Gasteiger partial charge in [0.1, 0.15) is 0 Å². The molecule has 4 nitrogen and oxygen atoms in total. The summed E-state index contributed by atoms with van der Waals surface area (Å²) in [5.41, 5.74) is 1.29. The molecule has 2 atom stereocenters. The Labute approximate surface area is 102 Å². The first-order chi connectivity index (χ1) is 8.40. The number of rotatable bonds is 5. The fourth-order valence-electron chi connectivity index (χ4n) is 2.79. The Morgan fingerprint density at radius 1 is 1.47 bits per heavy atom. The summed E-state index contributed by atoms with van der Waals surface area (Å²) in [5.74, 6) is 0.803. The molecule has 2 unspecified atom stereocenters. The Bertz CT molecular complexity index is 372. The van der Waals surface area contributed by atoms with Gasteiger partial charge in [-0.1, -0.05) is 6.92 Å². The van der Waals surface area contributed by atoms with Crippen LogP contribution in [0.2, 0.25) is 0 Å². The molecule has 0 bridgehead atoms. The number of hydrogen-bond donors (Lipinski definition) is 1. The van der Waals surface area contributed by atoms with Crippen molar-refractivity contribution >= 4 is 0 Å². The van der Waals surface area contributed by atoms with Crippen molar-refractivity contribution in [1.29, 1.82) is 0 Å². The van der Waals surface area contributed by atoms with Gasteiger partial charge in [0.05, 0.1) is 24.2 Å². The van der Waals surface area contributed by atoms with Crippen molar-refractivity contribution in [3.05, 3.63) is 18.2 Å². The number of nitrogens with one attached hydrogen (secondary N) is 1. The third kappa shape index (κ3) is 2.24. The molecular weight excluding hydrogens is 214 g/mol. The number of aromatic nitrogens is 2. The van der Waals surface area contributed by atoms with Gasteiger partial charge in [-0.15, -0.1) is 0 Å². The van der Waals surface area contributed by atoms with Gasteiger partial charge in [0.25, 0.3) is 0 Å². The van der Waals surface area contributed by atoms with Crippen LogP contribution in [0, 0.1) is 5.92 Å². The molecule has 17 heavy (non-hydrogen) atoms. The van der Waals surface area contributed by atoms with E-state index in [2.05, 4.69) is 21.8 Å². The molecule has 0 spiro atoms. The summed E-state index contributed by atoms with van der Waals surface area (Å²) < 4.78 is 8.24. The molecule has 1 N–H and O–H groups in total. The van der Waals surface area contributed by atoms with E-state index < -0.39 is 0 Å². The van der Waals surface area contributed by atoms with Gasteiger partial charge >= 0.3 is 0 Å². The molecule has 1 aromatic heterocycles. The zero-order valence-electron chi connectivity index (χ0n) is 10.4. The van der Waals surface area contributed by atoms with Gasteiger partial charge in [-0.05, 0) is 31.7 Å². The second-order valence-corrected chi connectivity index (χ2v) is 5.10. The van der Waals surface area contributed by atoms with E-state index in [1.165, 1.54) is 18.5 Å². The Morgan fingerprint density at radius 3 is 3.12 bits per heavy atom. The maximum Gasteiger partial charge on any atom is 0.0952 e.